The second kappa shape index (κ2) is 7.11. The molecule has 3 atom stereocenters. The van der Waals surface area contributed by atoms with Crippen LogP contribution in [-0.2, 0) is 19.1 Å². The SMILES string of the molecule is COC(=O)c1ccc(OC(=O)[C@H](C)N2C(=O)[C@H]3CC=CC[C@@H]3C2=O)cc1. The fourth-order valence-electron chi connectivity index (χ4n) is 3.29. The maximum atomic E-state index is 12.5. The van der Waals surface area contributed by atoms with E-state index in [0.29, 0.717) is 18.4 Å². The summed E-state index contributed by atoms with van der Waals surface area (Å²) in [7, 11) is 1.27. The van der Waals surface area contributed by atoms with Crippen molar-refractivity contribution >= 4 is 23.8 Å². The molecule has 1 saturated heterocycles. The molecule has 1 aromatic carbocycles. The summed E-state index contributed by atoms with van der Waals surface area (Å²) in [4.78, 5) is 49.9. The molecule has 26 heavy (non-hydrogen) atoms. The molecule has 0 bridgehead atoms. The van der Waals surface area contributed by atoms with E-state index in [4.69, 9.17) is 4.74 Å². The van der Waals surface area contributed by atoms with E-state index in [-0.39, 0.29) is 29.4 Å². The maximum Gasteiger partial charge on any atom is 0.337 e. The number of fused-ring (bicyclic) bond motifs is 1. The van der Waals surface area contributed by atoms with Gasteiger partial charge in [-0.15, -0.1) is 0 Å². The average molecular weight is 357 g/mol. The molecule has 7 heteroatoms. The second-order valence-electron chi connectivity index (χ2n) is 6.32. The second-order valence-corrected chi connectivity index (χ2v) is 6.32. The lowest BCUT2D eigenvalue weighted by Gasteiger charge is -2.21. The molecule has 0 radical (unpaired) electrons. The van der Waals surface area contributed by atoms with Crippen molar-refractivity contribution in [2.75, 3.05) is 7.11 Å². The highest BCUT2D eigenvalue weighted by Crippen LogP contribution is 2.36. The van der Waals surface area contributed by atoms with Crippen LogP contribution in [0.1, 0.15) is 30.1 Å². The maximum absolute atomic E-state index is 12.5. The molecule has 136 valence electrons. The summed E-state index contributed by atoms with van der Waals surface area (Å²) < 4.78 is 9.85. The summed E-state index contributed by atoms with van der Waals surface area (Å²) in [6.45, 7) is 1.48. The van der Waals surface area contributed by atoms with Crippen molar-refractivity contribution in [2.24, 2.45) is 11.8 Å². The minimum absolute atomic E-state index is 0.215. The molecule has 0 saturated carbocycles. The van der Waals surface area contributed by atoms with E-state index in [9.17, 15) is 19.2 Å². The Bertz CT molecular complexity index is 756. The number of imide groups is 1. The summed E-state index contributed by atoms with van der Waals surface area (Å²) >= 11 is 0. The molecule has 1 aliphatic carbocycles. The predicted octanol–water partition coefficient (Wildman–Crippen LogP) is 1.72. The lowest BCUT2D eigenvalue weighted by atomic mass is 9.85. The first-order chi connectivity index (χ1) is 12.4. The Morgan fingerprint density at radius 2 is 1.58 bits per heavy atom. The minimum atomic E-state index is -1.01. The van der Waals surface area contributed by atoms with E-state index in [1.165, 1.54) is 38.3 Å². The van der Waals surface area contributed by atoms with Gasteiger partial charge in [-0.05, 0) is 44.0 Å². The zero-order valence-corrected chi connectivity index (χ0v) is 14.5. The first kappa shape index (κ1) is 17.8. The highest BCUT2D eigenvalue weighted by molar-refractivity contribution is 6.08. The third-order valence-electron chi connectivity index (χ3n) is 4.76. The number of ether oxygens (including phenoxy) is 2. The van der Waals surface area contributed by atoms with Crippen LogP contribution in [-0.4, -0.2) is 41.8 Å². The summed E-state index contributed by atoms with van der Waals surface area (Å²) in [5.41, 5.74) is 0.321. The van der Waals surface area contributed by atoms with Crippen LogP contribution < -0.4 is 4.74 Å². The van der Waals surface area contributed by atoms with Crippen LogP contribution >= 0.6 is 0 Å². The van der Waals surface area contributed by atoms with Crippen LogP contribution in [0.2, 0.25) is 0 Å². The molecule has 7 nitrogen and oxygen atoms in total. The topological polar surface area (TPSA) is 90.0 Å². The van der Waals surface area contributed by atoms with Crippen LogP contribution in [0.3, 0.4) is 0 Å². The van der Waals surface area contributed by atoms with Crippen LogP contribution in [0.5, 0.6) is 5.75 Å². The van der Waals surface area contributed by atoms with E-state index in [1.807, 2.05) is 12.2 Å². The first-order valence-electron chi connectivity index (χ1n) is 8.36. The van der Waals surface area contributed by atoms with Gasteiger partial charge in [-0.25, -0.2) is 9.59 Å². The average Bonchev–Trinajstić information content (AvgIpc) is 2.92. The lowest BCUT2D eigenvalue weighted by Crippen LogP contribution is -2.45. The summed E-state index contributed by atoms with van der Waals surface area (Å²) in [5.74, 6) is -2.41. The molecule has 0 unspecified atom stereocenters. The van der Waals surface area contributed by atoms with Crippen molar-refractivity contribution in [2.45, 2.75) is 25.8 Å². The number of hydrogen-bond acceptors (Lipinski definition) is 6. The molecule has 3 rings (SSSR count). The van der Waals surface area contributed by atoms with Gasteiger partial charge in [-0.2, -0.15) is 0 Å². The van der Waals surface area contributed by atoms with Crippen LogP contribution in [0.25, 0.3) is 0 Å². The van der Waals surface area contributed by atoms with Gasteiger partial charge >= 0.3 is 11.9 Å². The molecule has 0 N–H and O–H groups in total. The van der Waals surface area contributed by atoms with Gasteiger partial charge in [0, 0.05) is 0 Å². The Kier molecular flexibility index (Phi) is 4.88. The third kappa shape index (κ3) is 3.12. The molecule has 1 aromatic rings. The molecule has 2 amide bonds. The first-order valence-corrected chi connectivity index (χ1v) is 8.36. The molecular formula is C19H19NO6. The van der Waals surface area contributed by atoms with Crippen molar-refractivity contribution in [3.05, 3.63) is 42.0 Å². The van der Waals surface area contributed by atoms with Crippen molar-refractivity contribution in [3.8, 4) is 5.75 Å². The van der Waals surface area contributed by atoms with Gasteiger partial charge in [0.05, 0.1) is 24.5 Å². The van der Waals surface area contributed by atoms with E-state index in [1.54, 1.807) is 0 Å². The van der Waals surface area contributed by atoms with Gasteiger partial charge in [-0.1, -0.05) is 12.2 Å². The quantitative estimate of drug-likeness (QED) is 0.353. The Balaban J connectivity index is 1.69. The summed E-state index contributed by atoms with van der Waals surface area (Å²) in [6.07, 6.45) is 4.81. The number of carbonyl (C=O) groups is 4. The zero-order chi connectivity index (χ0) is 18.8. The largest absolute Gasteiger partial charge is 0.465 e. The highest BCUT2D eigenvalue weighted by Gasteiger charge is 2.50. The van der Waals surface area contributed by atoms with Crippen LogP contribution in [0.15, 0.2) is 36.4 Å². The number of carbonyl (C=O) groups excluding carboxylic acids is 4. The van der Waals surface area contributed by atoms with Gasteiger partial charge in [0.25, 0.3) is 0 Å². The fraction of sp³-hybridized carbons (Fsp3) is 0.368. The predicted molar refractivity (Wildman–Crippen MR) is 90.1 cm³/mol. The molecule has 1 fully saturated rings. The van der Waals surface area contributed by atoms with Gasteiger partial charge in [0.1, 0.15) is 11.8 Å². The number of benzene rings is 1. The van der Waals surface area contributed by atoms with E-state index in [2.05, 4.69) is 4.74 Å². The molecule has 0 spiro atoms. The summed E-state index contributed by atoms with van der Waals surface area (Å²) in [6, 6.07) is 4.82. The molecule has 0 aromatic heterocycles. The number of rotatable bonds is 4. The van der Waals surface area contributed by atoms with Crippen molar-refractivity contribution in [3.63, 3.8) is 0 Å². The van der Waals surface area contributed by atoms with Crippen molar-refractivity contribution < 1.29 is 28.7 Å². The number of likely N-dealkylation sites (tertiary alicyclic amines) is 1. The summed E-state index contributed by atoms with van der Waals surface area (Å²) in [5, 5.41) is 0. The number of hydrogen-bond donors (Lipinski definition) is 0. The van der Waals surface area contributed by atoms with E-state index >= 15 is 0 Å². The monoisotopic (exact) mass is 357 g/mol. The van der Waals surface area contributed by atoms with Gasteiger partial charge in [0.2, 0.25) is 11.8 Å². The van der Waals surface area contributed by atoms with Crippen LogP contribution in [0.4, 0.5) is 0 Å². The van der Waals surface area contributed by atoms with Gasteiger partial charge < -0.3 is 9.47 Å². The molecular weight excluding hydrogens is 338 g/mol. The number of methoxy groups -OCH3 is 1. The number of nitrogens with zero attached hydrogens (tertiary/aromatic N) is 1. The normalized spacial score (nSPS) is 22.8. The minimum Gasteiger partial charge on any atom is -0.465 e. The Morgan fingerprint density at radius 1 is 1.04 bits per heavy atom. The Hall–Kier alpha value is -2.96. The third-order valence-corrected chi connectivity index (χ3v) is 4.76. The lowest BCUT2D eigenvalue weighted by molar-refractivity contribution is -0.152. The van der Waals surface area contributed by atoms with Gasteiger partial charge in [-0.3, -0.25) is 14.5 Å². The van der Waals surface area contributed by atoms with Gasteiger partial charge in [0.15, 0.2) is 0 Å². The molecule has 1 heterocycles. The Labute approximate surface area is 150 Å². The van der Waals surface area contributed by atoms with E-state index in [0.717, 1.165) is 4.90 Å². The Morgan fingerprint density at radius 3 is 2.08 bits per heavy atom. The zero-order valence-electron chi connectivity index (χ0n) is 14.5. The molecule has 1 aliphatic heterocycles. The van der Waals surface area contributed by atoms with Crippen LogP contribution in [0, 0.1) is 11.8 Å². The number of esters is 2. The number of allylic oxidation sites excluding steroid dienone is 2. The smallest absolute Gasteiger partial charge is 0.337 e. The highest BCUT2D eigenvalue weighted by atomic mass is 16.5. The standard InChI is InChI=1S/C19H19NO6/c1-11(20-16(21)14-5-3-4-6-15(14)17(20)22)18(23)26-13-9-7-12(8-10-13)19(24)25-2/h3-4,7-11,14-15H,5-6H2,1-2H3/t11-,14-,15-/m0/s1. The molecule has 2 aliphatic rings. The van der Waals surface area contributed by atoms with Crippen molar-refractivity contribution in [1.29, 1.82) is 0 Å². The van der Waals surface area contributed by atoms with Crippen molar-refractivity contribution in [1.82, 2.24) is 4.90 Å². The fourth-order valence-corrected chi connectivity index (χ4v) is 3.29. The number of amides is 2. The van der Waals surface area contributed by atoms with E-state index < -0.39 is 18.0 Å².